The van der Waals surface area contributed by atoms with Crippen molar-refractivity contribution in [2.45, 2.75) is 19.8 Å². The van der Waals surface area contributed by atoms with Crippen LogP contribution in [0.15, 0.2) is 47.1 Å². The van der Waals surface area contributed by atoms with Crippen LogP contribution in [-0.2, 0) is 14.3 Å². The summed E-state index contributed by atoms with van der Waals surface area (Å²) >= 11 is 0. The minimum absolute atomic E-state index is 0.0201. The van der Waals surface area contributed by atoms with Crippen molar-refractivity contribution in [3.05, 3.63) is 62.8 Å². The third-order valence-corrected chi connectivity index (χ3v) is 3.47. The number of nitrogens with zero attached hydrogens (tertiary/aromatic N) is 2. The van der Waals surface area contributed by atoms with Crippen molar-refractivity contribution in [1.82, 2.24) is 0 Å². The van der Waals surface area contributed by atoms with E-state index in [2.05, 4.69) is 0 Å². The van der Waals surface area contributed by atoms with Gasteiger partial charge >= 0.3 is 5.97 Å². The Morgan fingerprint density at radius 2 is 2.25 bits per heavy atom. The summed E-state index contributed by atoms with van der Waals surface area (Å²) in [6.45, 7) is 3.17. The number of nitriles is 1. The fourth-order valence-electron chi connectivity index (χ4n) is 2.46. The summed E-state index contributed by atoms with van der Waals surface area (Å²) in [5.41, 5.74) is -0.0921. The van der Waals surface area contributed by atoms with E-state index in [0.717, 1.165) is 0 Å². The molecule has 1 heterocycles. The zero-order chi connectivity index (χ0) is 17.9. The zero-order valence-corrected chi connectivity index (χ0v) is 13.0. The number of allylic oxidation sites excluding steroid dienone is 2. The molecule has 1 aromatic rings. The molecule has 1 aromatic carbocycles. The van der Waals surface area contributed by atoms with E-state index in [1.165, 1.54) is 31.2 Å². The van der Waals surface area contributed by atoms with Gasteiger partial charge in [0.1, 0.15) is 17.4 Å². The second kappa shape index (κ2) is 6.83. The van der Waals surface area contributed by atoms with Crippen molar-refractivity contribution in [3.63, 3.8) is 0 Å². The van der Waals surface area contributed by atoms with Gasteiger partial charge in [-0.2, -0.15) is 5.26 Å². The van der Waals surface area contributed by atoms with E-state index in [4.69, 9.17) is 9.47 Å². The standard InChI is InChI=1S/C16H14N2O6/c1-3-23-16(20)13-9(2)24-15(19)12(8-17)14(13)10-5-4-6-11(7-10)18(21)22/h4-7,14,19H,3H2,1-2H3/t14-/m1/s1. The van der Waals surface area contributed by atoms with Crippen LogP contribution in [0.2, 0.25) is 0 Å². The molecule has 0 saturated heterocycles. The quantitative estimate of drug-likeness (QED) is 0.511. The summed E-state index contributed by atoms with van der Waals surface area (Å²) in [5.74, 6) is -2.30. The van der Waals surface area contributed by atoms with E-state index in [9.17, 15) is 25.3 Å². The van der Waals surface area contributed by atoms with Gasteiger partial charge in [0, 0.05) is 12.1 Å². The number of rotatable bonds is 4. The van der Waals surface area contributed by atoms with Crippen LogP contribution in [0.25, 0.3) is 0 Å². The predicted octanol–water partition coefficient (Wildman–Crippen LogP) is 2.84. The normalized spacial score (nSPS) is 17.1. The number of ether oxygens (including phenoxy) is 2. The van der Waals surface area contributed by atoms with Gasteiger partial charge in [0.15, 0.2) is 0 Å². The Kier molecular flexibility index (Phi) is 4.84. The van der Waals surface area contributed by atoms with E-state index in [1.54, 1.807) is 13.0 Å². The average molecular weight is 330 g/mol. The third kappa shape index (κ3) is 3.05. The molecule has 1 aliphatic rings. The highest BCUT2D eigenvalue weighted by Gasteiger charge is 2.37. The van der Waals surface area contributed by atoms with Gasteiger partial charge in [-0.1, -0.05) is 12.1 Å². The Labute approximate surface area is 137 Å². The Balaban J connectivity index is 2.65. The highest BCUT2D eigenvalue weighted by molar-refractivity contribution is 5.92. The molecule has 124 valence electrons. The van der Waals surface area contributed by atoms with Crippen LogP contribution in [0.1, 0.15) is 25.3 Å². The van der Waals surface area contributed by atoms with Gasteiger partial charge < -0.3 is 14.6 Å². The molecule has 1 atom stereocenters. The highest BCUT2D eigenvalue weighted by atomic mass is 16.6. The maximum Gasteiger partial charge on any atom is 0.338 e. The Bertz CT molecular complexity index is 803. The van der Waals surface area contributed by atoms with Crippen LogP contribution in [0, 0.1) is 21.4 Å². The van der Waals surface area contributed by atoms with E-state index < -0.39 is 22.8 Å². The Morgan fingerprint density at radius 1 is 1.54 bits per heavy atom. The first-order chi connectivity index (χ1) is 11.4. The van der Waals surface area contributed by atoms with Crippen LogP contribution >= 0.6 is 0 Å². The summed E-state index contributed by atoms with van der Waals surface area (Å²) in [6.07, 6.45) is 0. The minimum Gasteiger partial charge on any atom is -0.480 e. The topological polar surface area (TPSA) is 123 Å². The number of carbonyl (C=O) groups is 1. The summed E-state index contributed by atoms with van der Waals surface area (Å²) < 4.78 is 10.0. The number of non-ortho nitro benzene ring substituents is 1. The number of hydrogen-bond acceptors (Lipinski definition) is 7. The molecule has 0 radical (unpaired) electrons. The SMILES string of the molecule is CCOC(=O)C1=C(C)OC(O)=C(C#N)[C@H]1c1cccc([N+](=O)[O-])c1. The molecular formula is C16H14N2O6. The number of carbonyl (C=O) groups excluding carboxylic acids is 1. The number of benzene rings is 1. The molecular weight excluding hydrogens is 316 g/mol. The van der Waals surface area contributed by atoms with Gasteiger partial charge in [-0.15, -0.1) is 0 Å². The fourth-order valence-corrected chi connectivity index (χ4v) is 2.46. The molecule has 24 heavy (non-hydrogen) atoms. The van der Waals surface area contributed by atoms with Crippen molar-refractivity contribution in [1.29, 1.82) is 5.26 Å². The van der Waals surface area contributed by atoms with Gasteiger partial charge in [-0.25, -0.2) is 4.79 Å². The van der Waals surface area contributed by atoms with Gasteiger partial charge in [0.05, 0.1) is 23.0 Å². The molecule has 0 aromatic heterocycles. The van der Waals surface area contributed by atoms with Crippen molar-refractivity contribution < 1.29 is 24.3 Å². The first-order valence-corrected chi connectivity index (χ1v) is 7.04. The summed E-state index contributed by atoms with van der Waals surface area (Å²) in [4.78, 5) is 22.7. The van der Waals surface area contributed by atoms with Crippen molar-refractivity contribution in [2.75, 3.05) is 6.61 Å². The molecule has 0 spiro atoms. The maximum atomic E-state index is 12.3. The van der Waals surface area contributed by atoms with E-state index in [0.29, 0.717) is 5.56 Å². The van der Waals surface area contributed by atoms with Crippen LogP contribution in [0.4, 0.5) is 5.69 Å². The molecule has 8 heteroatoms. The smallest absolute Gasteiger partial charge is 0.338 e. The molecule has 0 unspecified atom stereocenters. The number of esters is 1. The van der Waals surface area contributed by atoms with Gasteiger partial charge in [0.25, 0.3) is 11.6 Å². The lowest BCUT2D eigenvalue weighted by atomic mass is 9.83. The molecule has 0 amide bonds. The predicted molar refractivity (Wildman–Crippen MR) is 81.5 cm³/mol. The van der Waals surface area contributed by atoms with Crippen molar-refractivity contribution in [2.24, 2.45) is 0 Å². The second-order valence-electron chi connectivity index (χ2n) is 4.91. The summed E-state index contributed by atoms with van der Waals surface area (Å²) in [5, 5.41) is 30.2. The van der Waals surface area contributed by atoms with E-state index in [1.807, 2.05) is 0 Å². The van der Waals surface area contributed by atoms with Gasteiger partial charge in [-0.05, 0) is 19.4 Å². The lowest BCUT2D eigenvalue weighted by molar-refractivity contribution is -0.384. The van der Waals surface area contributed by atoms with Gasteiger partial charge in [0.2, 0.25) is 0 Å². The summed E-state index contributed by atoms with van der Waals surface area (Å²) in [7, 11) is 0. The minimum atomic E-state index is -1.01. The van der Waals surface area contributed by atoms with Gasteiger partial charge in [-0.3, -0.25) is 10.1 Å². The first-order valence-electron chi connectivity index (χ1n) is 7.04. The largest absolute Gasteiger partial charge is 0.480 e. The Hall–Kier alpha value is -3.34. The maximum absolute atomic E-state index is 12.3. The molecule has 0 bridgehead atoms. The number of nitro groups is 1. The number of nitro benzene ring substituents is 1. The average Bonchev–Trinajstić information content (AvgIpc) is 2.54. The third-order valence-electron chi connectivity index (χ3n) is 3.47. The van der Waals surface area contributed by atoms with Crippen molar-refractivity contribution >= 4 is 11.7 Å². The molecule has 0 aliphatic carbocycles. The first kappa shape index (κ1) is 17.0. The number of aliphatic hydroxyl groups is 1. The highest BCUT2D eigenvalue weighted by Crippen LogP contribution is 2.40. The zero-order valence-electron chi connectivity index (χ0n) is 13.0. The Morgan fingerprint density at radius 3 is 2.83 bits per heavy atom. The number of aliphatic hydroxyl groups excluding tert-OH is 1. The molecule has 0 saturated carbocycles. The van der Waals surface area contributed by atoms with Crippen LogP contribution in [0.3, 0.4) is 0 Å². The number of hydrogen-bond donors (Lipinski definition) is 1. The molecule has 8 nitrogen and oxygen atoms in total. The van der Waals surface area contributed by atoms with E-state index in [-0.39, 0.29) is 29.2 Å². The van der Waals surface area contributed by atoms with Crippen LogP contribution < -0.4 is 0 Å². The van der Waals surface area contributed by atoms with Crippen LogP contribution in [0.5, 0.6) is 0 Å². The summed E-state index contributed by atoms with van der Waals surface area (Å²) in [6, 6.07) is 7.29. The monoisotopic (exact) mass is 330 g/mol. The lowest BCUT2D eigenvalue weighted by Crippen LogP contribution is -2.23. The molecule has 2 rings (SSSR count). The molecule has 1 aliphatic heterocycles. The second-order valence-corrected chi connectivity index (χ2v) is 4.91. The van der Waals surface area contributed by atoms with E-state index >= 15 is 0 Å². The van der Waals surface area contributed by atoms with Crippen molar-refractivity contribution in [3.8, 4) is 6.07 Å². The molecule has 1 N–H and O–H groups in total. The van der Waals surface area contributed by atoms with Crippen LogP contribution in [-0.4, -0.2) is 22.6 Å². The molecule has 0 fully saturated rings. The lowest BCUT2D eigenvalue weighted by Gasteiger charge is -2.25. The fraction of sp³-hybridized carbons (Fsp3) is 0.250.